The fourth-order valence-electron chi connectivity index (χ4n) is 1.77. The van der Waals surface area contributed by atoms with E-state index < -0.39 is 18.0 Å². The van der Waals surface area contributed by atoms with Crippen LogP contribution in [-0.2, 0) is 19.1 Å². The summed E-state index contributed by atoms with van der Waals surface area (Å²) in [6, 6.07) is 7.35. The van der Waals surface area contributed by atoms with Crippen LogP contribution in [0.15, 0.2) is 34.8 Å². The van der Waals surface area contributed by atoms with E-state index in [9.17, 15) is 9.59 Å². The molecule has 0 radical (unpaired) electrons. The van der Waals surface area contributed by atoms with Gasteiger partial charge >= 0.3 is 11.9 Å². The van der Waals surface area contributed by atoms with Crippen molar-refractivity contribution < 1.29 is 19.1 Å². The van der Waals surface area contributed by atoms with Crippen LogP contribution < -0.4 is 0 Å². The first-order valence-corrected chi connectivity index (χ1v) is 7.33. The van der Waals surface area contributed by atoms with Crippen molar-refractivity contribution in [2.24, 2.45) is 0 Å². The van der Waals surface area contributed by atoms with Gasteiger partial charge in [-0.1, -0.05) is 28.1 Å². The van der Waals surface area contributed by atoms with E-state index in [0.29, 0.717) is 5.57 Å². The third-order valence-electron chi connectivity index (χ3n) is 2.67. The summed E-state index contributed by atoms with van der Waals surface area (Å²) in [7, 11) is 0. The van der Waals surface area contributed by atoms with Gasteiger partial charge in [-0.2, -0.15) is 0 Å². The highest BCUT2D eigenvalue weighted by molar-refractivity contribution is 9.10. The lowest BCUT2D eigenvalue weighted by molar-refractivity contribution is -0.151. The summed E-state index contributed by atoms with van der Waals surface area (Å²) >= 11 is 8.78. The first-order chi connectivity index (χ1) is 9.60. The number of hydrogen-bond donors (Lipinski definition) is 0. The summed E-state index contributed by atoms with van der Waals surface area (Å²) in [6.45, 7) is 0.0129. The molecule has 0 fully saturated rings. The molecule has 0 spiro atoms. The van der Waals surface area contributed by atoms with Crippen LogP contribution in [0, 0.1) is 0 Å². The molecule has 2 rings (SSSR count). The minimum atomic E-state index is -0.546. The van der Waals surface area contributed by atoms with Gasteiger partial charge in [0.15, 0.2) is 6.10 Å². The monoisotopic (exact) mass is 358 g/mol. The van der Waals surface area contributed by atoms with Crippen LogP contribution in [0.1, 0.15) is 12.0 Å². The number of benzene rings is 1. The van der Waals surface area contributed by atoms with Crippen molar-refractivity contribution in [1.29, 1.82) is 0 Å². The molecule has 1 aliphatic heterocycles. The van der Waals surface area contributed by atoms with E-state index in [4.69, 9.17) is 21.1 Å². The maximum atomic E-state index is 11.8. The number of ether oxygens (including phenoxy) is 2. The molecule has 106 valence electrons. The van der Waals surface area contributed by atoms with Crippen LogP contribution in [0.5, 0.6) is 0 Å². The lowest BCUT2D eigenvalue weighted by Crippen LogP contribution is -2.18. The number of hydrogen-bond acceptors (Lipinski definition) is 4. The molecule has 1 atom stereocenters. The summed E-state index contributed by atoms with van der Waals surface area (Å²) in [5.41, 5.74) is 1.24. The summed E-state index contributed by atoms with van der Waals surface area (Å²) in [5.74, 6) is -0.607. The fraction of sp³-hybridized carbons (Fsp3) is 0.286. The van der Waals surface area contributed by atoms with Crippen molar-refractivity contribution in [2.75, 3.05) is 12.5 Å². The van der Waals surface area contributed by atoms with Gasteiger partial charge in [0.2, 0.25) is 0 Å². The zero-order valence-corrected chi connectivity index (χ0v) is 12.8. The molecule has 1 aliphatic rings. The predicted molar refractivity (Wildman–Crippen MR) is 78.3 cm³/mol. The lowest BCUT2D eigenvalue weighted by atomic mass is 10.1. The van der Waals surface area contributed by atoms with E-state index in [1.165, 1.54) is 0 Å². The third kappa shape index (κ3) is 3.84. The van der Waals surface area contributed by atoms with Gasteiger partial charge in [-0.3, -0.25) is 4.79 Å². The summed E-state index contributed by atoms with van der Waals surface area (Å²) < 4.78 is 11.0. The van der Waals surface area contributed by atoms with Crippen molar-refractivity contribution in [2.45, 2.75) is 12.5 Å². The number of rotatable bonds is 5. The smallest absolute Gasteiger partial charge is 0.339 e. The Labute approximate surface area is 129 Å². The van der Waals surface area contributed by atoms with E-state index in [2.05, 4.69) is 15.9 Å². The van der Waals surface area contributed by atoms with E-state index >= 15 is 0 Å². The number of alkyl halides is 1. The molecule has 4 nitrogen and oxygen atoms in total. The van der Waals surface area contributed by atoms with E-state index in [1.807, 2.05) is 24.3 Å². The SMILES string of the molecule is O=C(CCCl)OCC1C=C(c2cccc(Br)c2)C(=O)O1. The molecule has 1 aromatic carbocycles. The van der Waals surface area contributed by atoms with Gasteiger partial charge in [0.1, 0.15) is 6.61 Å². The number of halogens is 2. The van der Waals surface area contributed by atoms with Gasteiger partial charge in [-0.25, -0.2) is 4.79 Å². The Hall–Kier alpha value is -1.33. The second-order valence-electron chi connectivity index (χ2n) is 4.16. The minimum absolute atomic E-state index is 0.0129. The van der Waals surface area contributed by atoms with Gasteiger partial charge < -0.3 is 9.47 Å². The van der Waals surface area contributed by atoms with Crippen LogP contribution >= 0.6 is 27.5 Å². The minimum Gasteiger partial charge on any atom is -0.461 e. The Morgan fingerprint density at radius 1 is 1.45 bits per heavy atom. The molecular weight excluding hydrogens is 348 g/mol. The highest BCUT2D eigenvalue weighted by atomic mass is 79.9. The lowest BCUT2D eigenvalue weighted by Gasteiger charge is -2.08. The molecule has 0 aliphatic carbocycles. The van der Waals surface area contributed by atoms with Crippen molar-refractivity contribution in [3.8, 4) is 0 Å². The Morgan fingerprint density at radius 3 is 2.95 bits per heavy atom. The molecule has 1 heterocycles. The molecule has 6 heteroatoms. The molecule has 0 bridgehead atoms. The third-order valence-corrected chi connectivity index (χ3v) is 3.36. The first-order valence-electron chi connectivity index (χ1n) is 6.00. The van der Waals surface area contributed by atoms with Crippen molar-refractivity contribution in [1.82, 2.24) is 0 Å². The molecule has 0 amide bonds. The Balaban J connectivity index is 2.02. The van der Waals surface area contributed by atoms with E-state index in [0.717, 1.165) is 10.0 Å². The first kappa shape index (κ1) is 15.1. The van der Waals surface area contributed by atoms with Crippen LogP contribution in [0.3, 0.4) is 0 Å². The highest BCUT2D eigenvalue weighted by Crippen LogP contribution is 2.26. The zero-order chi connectivity index (χ0) is 14.5. The van der Waals surface area contributed by atoms with Gasteiger partial charge in [-0.15, -0.1) is 11.6 Å². The average molecular weight is 360 g/mol. The van der Waals surface area contributed by atoms with Crippen molar-refractivity contribution in [3.63, 3.8) is 0 Å². The van der Waals surface area contributed by atoms with Gasteiger partial charge in [0.05, 0.1) is 12.0 Å². The normalized spacial score (nSPS) is 17.6. The van der Waals surface area contributed by atoms with Gasteiger partial charge in [0.25, 0.3) is 0 Å². The van der Waals surface area contributed by atoms with Crippen LogP contribution in [0.25, 0.3) is 5.57 Å². The van der Waals surface area contributed by atoms with Crippen molar-refractivity contribution in [3.05, 3.63) is 40.4 Å². The number of esters is 2. The summed E-state index contributed by atoms with van der Waals surface area (Å²) in [6.07, 6.45) is 1.26. The molecule has 1 unspecified atom stereocenters. The Bertz CT molecular complexity index is 556. The standard InChI is InChI=1S/C14H12BrClO4/c15-10-3-1-2-9(6-10)12-7-11(20-14(12)18)8-19-13(17)4-5-16/h1-3,6-7,11H,4-5,8H2. The van der Waals surface area contributed by atoms with E-state index in [-0.39, 0.29) is 18.9 Å². The maximum absolute atomic E-state index is 11.8. The largest absolute Gasteiger partial charge is 0.461 e. The highest BCUT2D eigenvalue weighted by Gasteiger charge is 2.27. The zero-order valence-electron chi connectivity index (χ0n) is 10.5. The average Bonchev–Trinajstić information content (AvgIpc) is 2.78. The summed E-state index contributed by atoms with van der Waals surface area (Å²) in [5, 5.41) is 0. The number of cyclic esters (lactones) is 1. The Morgan fingerprint density at radius 2 is 2.25 bits per heavy atom. The summed E-state index contributed by atoms with van der Waals surface area (Å²) in [4.78, 5) is 23.0. The molecular formula is C14H12BrClO4. The molecule has 0 aromatic heterocycles. The van der Waals surface area contributed by atoms with E-state index in [1.54, 1.807) is 6.08 Å². The molecule has 0 saturated heterocycles. The second-order valence-corrected chi connectivity index (χ2v) is 5.45. The number of carbonyl (C=O) groups excluding carboxylic acids is 2. The fourth-order valence-corrected chi connectivity index (χ4v) is 2.32. The van der Waals surface area contributed by atoms with Crippen LogP contribution in [-0.4, -0.2) is 30.5 Å². The molecule has 20 heavy (non-hydrogen) atoms. The topological polar surface area (TPSA) is 52.6 Å². The molecule has 0 saturated carbocycles. The van der Waals surface area contributed by atoms with Gasteiger partial charge in [-0.05, 0) is 23.8 Å². The predicted octanol–water partition coefficient (Wildman–Crippen LogP) is 2.93. The maximum Gasteiger partial charge on any atom is 0.339 e. The quantitative estimate of drug-likeness (QED) is 0.599. The van der Waals surface area contributed by atoms with Crippen LogP contribution in [0.4, 0.5) is 0 Å². The van der Waals surface area contributed by atoms with Crippen LogP contribution in [0.2, 0.25) is 0 Å². The number of carbonyl (C=O) groups is 2. The second kappa shape index (κ2) is 6.90. The van der Waals surface area contributed by atoms with Gasteiger partial charge in [0, 0.05) is 10.4 Å². The Kier molecular flexibility index (Phi) is 5.20. The van der Waals surface area contributed by atoms with Crippen molar-refractivity contribution >= 4 is 45.0 Å². The molecule has 1 aromatic rings. The molecule has 0 N–H and O–H groups in total.